The topological polar surface area (TPSA) is 94.6 Å². The van der Waals surface area contributed by atoms with Crippen LogP contribution in [0.15, 0.2) is 18.3 Å². The molecule has 1 aliphatic rings. The molecule has 1 saturated carbocycles. The number of methoxy groups -OCH3 is 1. The number of anilines is 1. The molecule has 0 unspecified atom stereocenters. The molecule has 0 bridgehead atoms. The molecule has 0 amide bonds. The summed E-state index contributed by atoms with van der Waals surface area (Å²) in [5, 5.41) is 18.2. The monoisotopic (exact) mass is 277 g/mol. The lowest BCUT2D eigenvalue weighted by Crippen LogP contribution is -2.45. The summed E-state index contributed by atoms with van der Waals surface area (Å²) in [5.74, 6) is 0.427. The lowest BCUT2D eigenvalue weighted by atomic mass is 9.80. The molecule has 3 rings (SSSR count). The summed E-state index contributed by atoms with van der Waals surface area (Å²) in [6, 6.07) is 3.46. The van der Waals surface area contributed by atoms with Crippen LogP contribution in [0.5, 0.6) is 0 Å². The quantitative estimate of drug-likeness (QED) is 0.659. The number of aromatic nitrogens is 3. The van der Waals surface area contributed by atoms with Crippen LogP contribution in [0.4, 0.5) is 11.6 Å². The summed E-state index contributed by atoms with van der Waals surface area (Å²) in [5.41, 5.74) is 0.324. The van der Waals surface area contributed by atoms with Gasteiger partial charge in [-0.3, -0.25) is 0 Å². The average Bonchev–Trinajstić information content (AvgIpc) is 2.81. The first-order valence-corrected chi connectivity index (χ1v) is 6.42. The summed E-state index contributed by atoms with van der Waals surface area (Å²) in [6.45, 7) is 0.643. The lowest BCUT2D eigenvalue weighted by Gasteiger charge is -2.40. The Hall–Kier alpha value is -2.22. The number of nitro groups is 1. The molecule has 8 heteroatoms. The number of ether oxygens (including phenoxy) is 1. The average molecular weight is 277 g/mol. The number of fused-ring (bicyclic) bond motifs is 1. The SMILES string of the molecule is COC1(CNc2ccc3ncc([N+](=O)[O-])n3n2)CCC1. The number of hydrogen-bond donors (Lipinski definition) is 1. The number of rotatable bonds is 5. The third kappa shape index (κ3) is 2.07. The maximum absolute atomic E-state index is 10.9. The number of imidazole rings is 1. The van der Waals surface area contributed by atoms with E-state index in [1.54, 1.807) is 19.2 Å². The summed E-state index contributed by atoms with van der Waals surface area (Å²) in [4.78, 5) is 14.3. The Bertz CT molecular complexity index is 644. The zero-order valence-corrected chi connectivity index (χ0v) is 11.1. The van der Waals surface area contributed by atoms with E-state index in [0.717, 1.165) is 19.3 Å². The van der Waals surface area contributed by atoms with Crippen LogP contribution in [-0.4, -0.2) is 38.8 Å². The molecule has 2 aromatic rings. The van der Waals surface area contributed by atoms with Gasteiger partial charge in [0.25, 0.3) is 0 Å². The predicted molar refractivity (Wildman–Crippen MR) is 71.7 cm³/mol. The Morgan fingerprint density at radius 1 is 1.55 bits per heavy atom. The molecule has 0 radical (unpaired) electrons. The summed E-state index contributed by atoms with van der Waals surface area (Å²) in [6.07, 6.45) is 4.40. The van der Waals surface area contributed by atoms with Crippen LogP contribution in [0, 0.1) is 10.1 Å². The van der Waals surface area contributed by atoms with E-state index in [0.29, 0.717) is 18.0 Å². The Morgan fingerprint density at radius 3 is 2.95 bits per heavy atom. The van der Waals surface area contributed by atoms with Gasteiger partial charge in [0.2, 0.25) is 5.65 Å². The van der Waals surface area contributed by atoms with Crippen LogP contribution in [-0.2, 0) is 4.74 Å². The van der Waals surface area contributed by atoms with Crippen LogP contribution in [0.1, 0.15) is 19.3 Å². The predicted octanol–water partition coefficient (Wildman–Crippen LogP) is 1.62. The van der Waals surface area contributed by atoms with Crippen molar-refractivity contribution in [3.63, 3.8) is 0 Å². The summed E-state index contributed by atoms with van der Waals surface area (Å²) >= 11 is 0. The fraction of sp³-hybridized carbons (Fsp3) is 0.500. The summed E-state index contributed by atoms with van der Waals surface area (Å²) < 4.78 is 6.74. The summed E-state index contributed by atoms with van der Waals surface area (Å²) in [7, 11) is 1.71. The Balaban J connectivity index is 1.81. The van der Waals surface area contributed by atoms with Crippen LogP contribution < -0.4 is 5.32 Å². The highest BCUT2D eigenvalue weighted by Crippen LogP contribution is 2.34. The minimum atomic E-state index is -0.501. The maximum Gasteiger partial charge on any atom is 0.368 e. The van der Waals surface area contributed by atoms with Crippen LogP contribution in [0.25, 0.3) is 5.65 Å². The zero-order chi connectivity index (χ0) is 14.2. The fourth-order valence-electron chi connectivity index (χ4n) is 2.36. The van der Waals surface area contributed by atoms with Crippen molar-refractivity contribution >= 4 is 17.3 Å². The number of nitrogens with zero attached hydrogens (tertiary/aromatic N) is 4. The highest BCUT2D eigenvalue weighted by atomic mass is 16.6. The zero-order valence-electron chi connectivity index (χ0n) is 11.1. The van der Waals surface area contributed by atoms with E-state index >= 15 is 0 Å². The van der Waals surface area contributed by atoms with Gasteiger partial charge >= 0.3 is 5.82 Å². The fourth-order valence-corrected chi connectivity index (χ4v) is 2.36. The minimum absolute atomic E-state index is 0.127. The first-order valence-electron chi connectivity index (χ1n) is 6.42. The van der Waals surface area contributed by atoms with Gasteiger partial charge in [0, 0.05) is 19.7 Å². The molecule has 0 aromatic carbocycles. The van der Waals surface area contributed by atoms with Crippen molar-refractivity contribution in [1.29, 1.82) is 0 Å². The van der Waals surface area contributed by atoms with Crippen molar-refractivity contribution in [2.75, 3.05) is 19.0 Å². The van der Waals surface area contributed by atoms with E-state index in [4.69, 9.17) is 4.74 Å². The Kier molecular flexibility index (Phi) is 3.01. The van der Waals surface area contributed by atoms with E-state index in [1.165, 1.54) is 10.7 Å². The molecule has 1 aliphatic carbocycles. The van der Waals surface area contributed by atoms with Gasteiger partial charge in [0.05, 0.1) is 5.60 Å². The maximum atomic E-state index is 10.9. The first-order chi connectivity index (χ1) is 9.63. The molecule has 0 spiro atoms. The van der Waals surface area contributed by atoms with Gasteiger partial charge in [-0.2, -0.15) is 0 Å². The number of hydrogen-bond acceptors (Lipinski definition) is 6. The smallest absolute Gasteiger partial charge is 0.368 e. The molecule has 20 heavy (non-hydrogen) atoms. The third-order valence-electron chi connectivity index (χ3n) is 3.82. The molecule has 1 N–H and O–H groups in total. The van der Waals surface area contributed by atoms with Gasteiger partial charge < -0.3 is 20.2 Å². The van der Waals surface area contributed by atoms with Gasteiger partial charge in [0.15, 0.2) is 5.82 Å². The van der Waals surface area contributed by atoms with Crippen molar-refractivity contribution in [3.8, 4) is 0 Å². The number of nitrogens with one attached hydrogen (secondary N) is 1. The molecule has 8 nitrogen and oxygen atoms in total. The van der Waals surface area contributed by atoms with Crippen molar-refractivity contribution < 1.29 is 9.66 Å². The van der Waals surface area contributed by atoms with Gasteiger partial charge in [-0.1, -0.05) is 9.61 Å². The van der Waals surface area contributed by atoms with Gasteiger partial charge in [-0.15, -0.1) is 0 Å². The molecule has 0 saturated heterocycles. The van der Waals surface area contributed by atoms with E-state index in [2.05, 4.69) is 15.4 Å². The second-order valence-corrected chi connectivity index (χ2v) is 4.96. The van der Waals surface area contributed by atoms with Gasteiger partial charge in [0.1, 0.15) is 6.20 Å². The van der Waals surface area contributed by atoms with Crippen LogP contribution >= 0.6 is 0 Å². The largest absolute Gasteiger partial charge is 0.376 e. The molecule has 2 heterocycles. The van der Waals surface area contributed by atoms with Crippen molar-refractivity contribution in [2.45, 2.75) is 24.9 Å². The van der Waals surface area contributed by atoms with E-state index in [9.17, 15) is 10.1 Å². The molecule has 0 atom stereocenters. The van der Waals surface area contributed by atoms with Crippen molar-refractivity contribution in [3.05, 3.63) is 28.4 Å². The van der Waals surface area contributed by atoms with E-state index in [-0.39, 0.29) is 11.4 Å². The Labute approximate surface area is 114 Å². The first kappa shape index (κ1) is 12.8. The molecule has 106 valence electrons. The molecular weight excluding hydrogens is 262 g/mol. The lowest BCUT2D eigenvalue weighted by molar-refractivity contribution is -0.391. The molecule has 1 fully saturated rings. The molecule has 0 aliphatic heterocycles. The van der Waals surface area contributed by atoms with E-state index < -0.39 is 4.92 Å². The third-order valence-corrected chi connectivity index (χ3v) is 3.82. The van der Waals surface area contributed by atoms with Gasteiger partial charge in [-0.05, 0) is 30.3 Å². The standard InChI is InChI=1S/C12H15N5O3/c1-20-12(5-2-6-12)8-14-9-3-4-10-13-7-11(17(18)19)16(10)15-9/h3-4,7H,2,5-6,8H2,1H3,(H,14,15). The van der Waals surface area contributed by atoms with E-state index in [1.807, 2.05) is 0 Å². The highest BCUT2D eigenvalue weighted by molar-refractivity contribution is 5.48. The second kappa shape index (κ2) is 4.71. The van der Waals surface area contributed by atoms with Crippen molar-refractivity contribution in [2.24, 2.45) is 0 Å². The van der Waals surface area contributed by atoms with Crippen molar-refractivity contribution in [1.82, 2.24) is 14.6 Å². The normalized spacial score (nSPS) is 16.9. The molecule has 2 aromatic heterocycles. The van der Waals surface area contributed by atoms with Crippen LogP contribution in [0.3, 0.4) is 0 Å². The minimum Gasteiger partial charge on any atom is -0.376 e. The van der Waals surface area contributed by atoms with Crippen LogP contribution in [0.2, 0.25) is 0 Å². The second-order valence-electron chi connectivity index (χ2n) is 4.96. The Morgan fingerprint density at radius 2 is 2.35 bits per heavy atom. The molecular formula is C12H15N5O3. The van der Waals surface area contributed by atoms with Gasteiger partial charge in [-0.25, -0.2) is 4.98 Å². The highest BCUT2D eigenvalue weighted by Gasteiger charge is 2.36.